The molecule has 1 amide bonds. The van der Waals surface area contributed by atoms with Crippen LogP contribution in [0.25, 0.3) is 0 Å². The molecule has 0 saturated heterocycles. The van der Waals surface area contributed by atoms with E-state index in [2.05, 4.69) is 41.8 Å². The zero-order chi connectivity index (χ0) is 13.0. The first-order valence-corrected chi connectivity index (χ1v) is 7.20. The molecule has 94 valence electrons. The average molecular weight is 366 g/mol. The van der Waals surface area contributed by atoms with Crippen LogP contribution in [-0.2, 0) is 0 Å². The summed E-state index contributed by atoms with van der Waals surface area (Å²) in [5.74, 6) is 0.725. The van der Waals surface area contributed by atoms with Gasteiger partial charge < -0.3 is 5.32 Å². The van der Waals surface area contributed by atoms with Crippen molar-refractivity contribution >= 4 is 40.1 Å². The van der Waals surface area contributed by atoms with E-state index >= 15 is 0 Å². The molecule has 0 aliphatic rings. The Labute approximate surface area is 121 Å². The van der Waals surface area contributed by atoms with Crippen LogP contribution >= 0.6 is 34.2 Å². The van der Waals surface area contributed by atoms with Crippen LogP contribution in [0.2, 0.25) is 0 Å². The van der Waals surface area contributed by atoms with Crippen molar-refractivity contribution in [2.24, 2.45) is 5.92 Å². The number of hydrogen-bond acceptors (Lipinski definition) is 1. The third-order valence-electron chi connectivity index (χ3n) is 2.72. The SMILES string of the molecule is Cc1cccc(C(=O)NC(CCl)C(C)C)c1I. The third kappa shape index (κ3) is 3.85. The standard InChI is InChI=1S/C13H17ClINO/c1-8(2)11(7-14)16-13(17)10-6-4-5-9(3)12(10)15/h4-6,8,11H,7H2,1-3H3,(H,16,17). The maximum Gasteiger partial charge on any atom is 0.252 e. The van der Waals surface area contributed by atoms with E-state index in [0.29, 0.717) is 11.8 Å². The maximum atomic E-state index is 12.1. The highest BCUT2D eigenvalue weighted by molar-refractivity contribution is 14.1. The van der Waals surface area contributed by atoms with Crippen LogP contribution in [0, 0.1) is 16.4 Å². The summed E-state index contributed by atoms with van der Waals surface area (Å²) in [6.45, 7) is 6.10. The molecule has 1 N–H and O–H groups in total. The number of halogens is 2. The van der Waals surface area contributed by atoms with Crippen molar-refractivity contribution in [3.05, 3.63) is 32.9 Å². The van der Waals surface area contributed by atoms with Gasteiger partial charge in [-0.1, -0.05) is 26.0 Å². The number of amides is 1. The summed E-state index contributed by atoms with van der Waals surface area (Å²) in [5.41, 5.74) is 1.84. The van der Waals surface area contributed by atoms with Crippen LogP contribution in [-0.4, -0.2) is 17.8 Å². The molecule has 2 nitrogen and oxygen atoms in total. The van der Waals surface area contributed by atoms with Crippen LogP contribution < -0.4 is 5.32 Å². The van der Waals surface area contributed by atoms with Crippen molar-refractivity contribution in [2.75, 3.05) is 5.88 Å². The van der Waals surface area contributed by atoms with Crippen molar-refractivity contribution in [1.82, 2.24) is 5.32 Å². The van der Waals surface area contributed by atoms with E-state index in [0.717, 1.165) is 14.7 Å². The highest BCUT2D eigenvalue weighted by Crippen LogP contribution is 2.17. The molecule has 0 spiro atoms. The van der Waals surface area contributed by atoms with Gasteiger partial charge in [0, 0.05) is 15.5 Å². The molecular weight excluding hydrogens is 349 g/mol. The normalized spacial score (nSPS) is 12.6. The second-order valence-corrected chi connectivity index (χ2v) is 5.80. The van der Waals surface area contributed by atoms with Crippen molar-refractivity contribution < 1.29 is 4.79 Å². The van der Waals surface area contributed by atoms with Crippen LogP contribution in [0.5, 0.6) is 0 Å². The molecule has 0 aliphatic heterocycles. The minimum atomic E-state index is -0.0440. The van der Waals surface area contributed by atoms with Crippen LogP contribution in [0.3, 0.4) is 0 Å². The van der Waals surface area contributed by atoms with Gasteiger partial charge in [-0.15, -0.1) is 11.6 Å². The van der Waals surface area contributed by atoms with Gasteiger partial charge in [0.1, 0.15) is 0 Å². The number of alkyl halides is 1. The van der Waals surface area contributed by atoms with E-state index in [9.17, 15) is 4.79 Å². The molecule has 1 aromatic rings. The fourth-order valence-electron chi connectivity index (χ4n) is 1.45. The van der Waals surface area contributed by atoms with Gasteiger partial charge in [-0.05, 0) is 47.1 Å². The first kappa shape index (κ1) is 14.8. The Morgan fingerprint density at radius 1 is 1.47 bits per heavy atom. The van der Waals surface area contributed by atoms with Gasteiger partial charge in [-0.3, -0.25) is 4.79 Å². The Morgan fingerprint density at radius 3 is 2.65 bits per heavy atom. The zero-order valence-corrected chi connectivity index (χ0v) is 13.2. The van der Waals surface area contributed by atoms with E-state index in [1.807, 2.05) is 25.1 Å². The van der Waals surface area contributed by atoms with Gasteiger partial charge in [0.2, 0.25) is 0 Å². The topological polar surface area (TPSA) is 29.1 Å². The van der Waals surface area contributed by atoms with Crippen molar-refractivity contribution in [1.29, 1.82) is 0 Å². The number of rotatable bonds is 4. The fraction of sp³-hybridized carbons (Fsp3) is 0.462. The monoisotopic (exact) mass is 365 g/mol. The number of nitrogens with one attached hydrogen (secondary N) is 1. The Morgan fingerprint density at radius 2 is 2.12 bits per heavy atom. The lowest BCUT2D eigenvalue weighted by Crippen LogP contribution is -2.40. The van der Waals surface area contributed by atoms with Crippen molar-refractivity contribution in [3.8, 4) is 0 Å². The number of hydrogen-bond donors (Lipinski definition) is 1. The lowest BCUT2D eigenvalue weighted by atomic mass is 10.1. The van der Waals surface area contributed by atoms with E-state index in [1.54, 1.807) is 0 Å². The number of carbonyl (C=O) groups excluding carboxylic acids is 1. The van der Waals surface area contributed by atoms with Crippen LogP contribution in [0.4, 0.5) is 0 Å². The summed E-state index contributed by atoms with van der Waals surface area (Å²) in [4.78, 5) is 12.1. The molecule has 17 heavy (non-hydrogen) atoms. The molecule has 1 unspecified atom stereocenters. The minimum absolute atomic E-state index is 0.0143. The van der Waals surface area contributed by atoms with E-state index in [1.165, 1.54) is 0 Å². The second kappa shape index (κ2) is 6.59. The first-order valence-electron chi connectivity index (χ1n) is 5.59. The average Bonchev–Trinajstić information content (AvgIpc) is 2.28. The molecule has 1 atom stereocenters. The smallest absolute Gasteiger partial charge is 0.252 e. The van der Waals surface area contributed by atoms with E-state index in [4.69, 9.17) is 11.6 Å². The molecule has 0 fully saturated rings. The molecule has 4 heteroatoms. The van der Waals surface area contributed by atoms with Gasteiger partial charge in [0.05, 0.1) is 5.56 Å². The summed E-state index contributed by atoms with van der Waals surface area (Å²) in [7, 11) is 0. The van der Waals surface area contributed by atoms with Gasteiger partial charge >= 0.3 is 0 Å². The number of carbonyl (C=O) groups is 1. The number of benzene rings is 1. The van der Waals surface area contributed by atoms with E-state index < -0.39 is 0 Å². The molecule has 1 rings (SSSR count). The molecule has 1 aromatic carbocycles. The first-order chi connectivity index (χ1) is 7.97. The van der Waals surface area contributed by atoms with Crippen LogP contribution in [0.15, 0.2) is 18.2 Å². The summed E-state index contributed by atoms with van der Waals surface area (Å²) >= 11 is 8.05. The van der Waals surface area contributed by atoms with E-state index in [-0.39, 0.29) is 11.9 Å². The van der Waals surface area contributed by atoms with Crippen molar-refractivity contribution in [2.45, 2.75) is 26.8 Å². The zero-order valence-electron chi connectivity index (χ0n) is 10.3. The predicted molar refractivity (Wildman–Crippen MR) is 80.7 cm³/mol. The Bertz CT molecular complexity index is 406. The summed E-state index contributed by atoms with van der Waals surface area (Å²) < 4.78 is 1.000. The molecule has 0 radical (unpaired) electrons. The molecule has 0 saturated carbocycles. The van der Waals surface area contributed by atoms with Crippen LogP contribution in [0.1, 0.15) is 29.8 Å². The van der Waals surface area contributed by atoms with Gasteiger partial charge in [0.15, 0.2) is 0 Å². The summed E-state index contributed by atoms with van der Waals surface area (Å²) in [5, 5.41) is 2.97. The van der Waals surface area contributed by atoms with Gasteiger partial charge in [0.25, 0.3) is 5.91 Å². The quantitative estimate of drug-likeness (QED) is 0.641. The Balaban J connectivity index is 2.86. The Kier molecular flexibility index (Phi) is 5.73. The van der Waals surface area contributed by atoms with Crippen molar-refractivity contribution in [3.63, 3.8) is 0 Å². The fourth-order valence-corrected chi connectivity index (χ4v) is 2.49. The van der Waals surface area contributed by atoms with Gasteiger partial charge in [-0.25, -0.2) is 0 Å². The lowest BCUT2D eigenvalue weighted by molar-refractivity contribution is 0.0930. The molecule has 0 aliphatic carbocycles. The highest BCUT2D eigenvalue weighted by atomic mass is 127. The molecule has 0 bridgehead atoms. The number of aryl methyl sites for hydroxylation is 1. The highest BCUT2D eigenvalue weighted by Gasteiger charge is 2.18. The van der Waals surface area contributed by atoms with Gasteiger partial charge in [-0.2, -0.15) is 0 Å². The third-order valence-corrected chi connectivity index (χ3v) is 4.49. The summed E-state index contributed by atoms with van der Waals surface area (Å²) in [6.07, 6.45) is 0. The molecule has 0 aromatic heterocycles. The Hall–Kier alpha value is -0.290. The maximum absolute atomic E-state index is 12.1. The predicted octanol–water partition coefficient (Wildman–Crippen LogP) is 3.59. The molecule has 0 heterocycles. The second-order valence-electron chi connectivity index (χ2n) is 4.41. The lowest BCUT2D eigenvalue weighted by Gasteiger charge is -2.20. The molecular formula is C13H17ClINO. The minimum Gasteiger partial charge on any atom is -0.348 e. The largest absolute Gasteiger partial charge is 0.348 e. The summed E-state index contributed by atoms with van der Waals surface area (Å²) in [6, 6.07) is 5.76.